The first-order valence-corrected chi connectivity index (χ1v) is 7.83. The molecule has 0 aliphatic heterocycles. The third-order valence-electron chi connectivity index (χ3n) is 2.42. The van der Waals surface area contributed by atoms with Crippen LogP contribution in [0.4, 0.5) is 10.1 Å². The summed E-state index contributed by atoms with van der Waals surface area (Å²) in [7, 11) is -4.03. The molecule has 0 spiro atoms. The smallest absolute Gasteiger partial charge is 0.265 e. The number of anilines is 1. The van der Waals surface area contributed by atoms with Crippen LogP contribution in [0, 0.1) is 12.7 Å². The Bertz CT molecular complexity index is 769. The summed E-state index contributed by atoms with van der Waals surface area (Å²) in [4.78, 5) is 12.9. The summed E-state index contributed by atoms with van der Waals surface area (Å²) in [6.07, 6.45) is 0. The molecule has 0 fully saturated rings. The molecule has 0 saturated heterocycles. The molecule has 2 aromatic rings. The highest BCUT2D eigenvalue weighted by molar-refractivity contribution is 7.89. The number of carbonyl (C=O) groups excluding carboxylic acids is 1. The molecular formula is C12H11FN2O3S2. The lowest BCUT2D eigenvalue weighted by atomic mass is 10.3. The molecule has 1 amide bonds. The molecule has 3 N–H and O–H groups in total. The molecule has 0 saturated carbocycles. The van der Waals surface area contributed by atoms with E-state index in [0.717, 1.165) is 23.1 Å². The maximum Gasteiger partial charge on any atom is 0.265 e. The number of hydrogen-bond donors (Lipinski definition) is 2. The summed E-state index contributed by atoms with van der Waals surface area (Å²) in [5.41, 5.74) is 0.0325. The number of halogens is 1. The molecule has 0 radical (unpaired) electrons. The van der Waals surface area contributed by atoms with Crippen molar-refractivity contribution >= 4 is 33.0 Å². The minimum absolute atomic E-state index is 0.0325. The Labute approximate surface area is 119 Å². The van der Waals surface area contributed by atoms with Crippen LogP contribution < -0.4 is 10.5 Å². The van der Waals surface area contributed by atoms with Crippen LogP contribution in [0.25, 0.3) is 0 Å². The van der Waals surface area contributed by atoms with Crippen LogP contribution in [0.3, 0.4) is 0 Å². The number of nitrogens with one attached hydrogen (secondary N) is 1. The van der Waals surface area contributed by atoms with E-state index in [0.29, 0.717) is 4.88 Å². The zero-order valence-corrected chi connectivity index (χ0v) is 12.0. The Morgan fingerprint density at radius 1 is 1.30 bits per heavy atom. The van der Waals surface area contributed by atoms with Crippen molar-refractivity contribution in [3.8, 4) is 0 Å². The Hall–Kier alpha value is -1.77. The Morgan fingerprint density at radius 3 is 2.55 bits per heavy atom. The van der Waals surface area contributed by atoms with Crippen molar-refractivity contribution in [1.29, 1.82) is 0 Å². The fraction of sp³-hybridized carbons (Fsp3) is 0.0833. The van der Waals surface area contributed by atoms with Crippen molar-refractivity contribution in [2.24, 2.45) is 5.14 Å². The number of sulfonamides is 1. The van der Waals surface area contributed by atoms with Crippen molar-refractivity contribution in [3.05, 3.63) is 45.9 Å². The van der Waals surface area contributed by atoms with E-state index in [2.05, 4.69) is 5.32 Å². The maximum atomic E-state index is 13.3. The van der Waals surface area contributed by atoms with E-state index in [1.54, 1.807) is 12.1 Å². The first-order valence-electron chi connectivity index (χ1n) is 5.47. The van der Waals surface area contributed by atoms with Gasteiger partial charge in [0.1, 0.15) is 5.82 Å². The Balaban J connectivity index is 2.30. The molecule has 5 nitrogen and oxygen atoms in total. The van der Waals surface area contributed by atoms with Crippen LogP contribution in [0.2, 0.25) is 0 Å². The predicted molar refractivity (Wildman–Crippen MR) is 74.8 cm³/mol. The van der Waals surface area contributed by atoms with Gasteiger partial charge in [0.05, 0.1) is 9.77 Å². The molecule has 0 aliphatic carbocycles. The number of thiophene rings is 1. The average molecular weight is 314 g/mol. The quantitative estimate of drug-likeness (QED) is 0.909. The van der Waals surface area contributed by atoms with Gasteiger partial charge in [-0.3, -0.25) is 4.79 Å². The minimum atomic E-state index is -4.03. The number of amides is 1. The molecule has 20 heavy (non-hydrogen) atoms. The van der Waals surface area contributed by atoms with Gasteiger partial charge in [0.15, 0.2) is 0 Å². The predicted octanol–water partition coefficient (Wildman–Crippen LogP) is 2.10. The van der Waals surface area contributed by atoms with Gasteiger partial charge in [-0.15, -0.1) is 11.3 Å². The van der Waals surface area contributed by atoms with Gasteiger partial charge in [-0.2, -0.15) is 0 Å². The first-order chi connectivity index (χ1) is 9.25. The Kier molecular flexibility index (Phi) is 3.89. The molecule has 0 unspecified atom stereocenters. The van der Waals surface area contributed by atoms with Gasteiger partial charge in [-0.25, -0.2) is 17.9 Å². The number of benzene rings is 1. The second kappa shape index (κ2) is 5.31. The van der Waals surface area contributed by atoms with Crippen LogP contribution >= 0.6 is 11.3 Å². The van der Waals surface area contributed by atoms with Gasteiger partial charge in [0.2, 0.25) is 10.0 Å². The molecule has 2 rings (SSSR count). The second-order valence-corrected chi connectivity index (χ2v) is 6.93. The lowest BCUT2D eigenvalue weighted by molar-refractivity contribution is 0.103. The van der Waals surface area contributed by atoms with Crippen LogP contribution in [-0.4, -0.2) is 14.3 Å². The first kappa shape index (κ1) is 14.6. The second-order valence-electron chi connectivity index (χ2n) is 4.09. The van der Waals surface area contributed by atoms with Gasteiger partial charge < -0.3 is 5.32 Å². The van der Waals surface area contributed by atoms with Crippen LogP contribution in [0.15, 0.2) is 35.2 Å². The van der Waals surface area contributed by atoms with Crippen LogP contribution in [-0.2, 0) is 10.0 Å². The van der Waals surface area contributed by atoms with E-state index in [-0.39, 0.29) is 5.69 Å². The third kappa shape index (κ3) is 3.41. The normalized spacial score (nSPS) is 11.3. The van der Waals surface area contributed by atoms with Crippen molar-refractivity contribution in [3.63, 3.8) is 0 Å². The zero-order chi connectivity index (χ0) is 14.9. The monoisotopic (exact) mass is 314 g/mol. The number of nitrogens with two attached hydrogens (primary N) is 1. The molecule has 0 bridgehead atoms. The maximum absolute atomic E-state index is 13.3. The summed E-state index contributed by atoms with van der Waals surface area (Å²) in [6.45, 7) is 1.85. The molecule has 1 heterocycles. The number of carbonyl (C=O) groups is 1. The number of rotatable bonds is 3. The van der Waals surface area contributed by atoms with Gasteiger partial charge in [-0.05, 0) is 37.3 Å². The molecule has 106 valence electrons. The van der Waals surface area contributed by atoms with E-state index >= 15 is 0 Å². The standard InChI is InChI=1S/C12H11FN2O3S2/c1-7-2-3-11(19-7)12(16)15-9-4-8(13)5-10(6-9)20(14,17)18/h2-6H,1H3,(H,15,16)(H2,14,17,18). The van der Waals surface area contributed by atoms with Crippen molar-refractivity contribution in [2.45, 2.75) is 11.8 Å². The summed E-state index contributed by atoms with van der Waals surface area (Å²) >= 11 is 1.28. The van der Waals surface area contributed by atoms with E-state index in [1.165, 1.54) is 11.3 Å². The fourth-order valence-electron chi connectivity index (χ4n) is 1.55. The van der Waals surface area contributed by atoms with Crippen molar-refractivity contribution in [2.75, 3.05) is 5.32 Å². The van der Waals surface area contributed by atoms with E-state index in [1.807, 2.05) is 6.92 Å². The minimum Gasteiger partial charge on any atom is -0.321 e. The SMILES string of the molecule is Cc1ccc(C(=O)Nc2cc(F)cc(S(N)(=O)=O)c2)s1. The van der Waals surface area contributed by atoms with Crippen LogP contribution in [0.1, 0.15) is 14.5 Å². The lowest BCUT2D eigenvalue weighted by Crippen LogP contribution is -2.14. The van der Waals surface area contributed by atoms with Crippen LogP contribution in [0.5, 0.6) is 0 Å². The van der Waals surface area contributed by atoms with E-state index in [4.69, 9.17) is 5.14 Å². The number of hydrogen-bond acceptors (Lipinski definition) is 4. The molecule has 1 aromatic heterocycles. The fourth-order valence-corrected chi connectivity index (χ4v) is 2.88. The highest BCUT2D eigenvalue weighted by atomic mass is 32.2. The molecule has 8 heteroatoms. The average Bonchev–Trinajstić information content (AvgIpc) is 2.74. The number of primary sulfonamides is 1. The molecular weight excluding hydrogens is 303 g/mol. The summed E-state index contributed by atoms with van der Waals surface area (Å²) in [5, 5.41) is 7.37. The topological polar surface area (TPSA) is 89.3 Å². The lowest BCUT2D eigenvalue weighted by Gasteiger charge is -2.06. The highest BCUT2D eigenvalue weighted by Gasteiger charge is 2.14. The molecule has 0 aliphatic rings. The van der Waals surface area contributed by atoms with Crippen molar-refractivity contribution < 1.29 is 17.6 Å². The van der Waals surface area contributed by atoms with E-state index in [9.17, 15) is 17.6 Å². The van der Waals surface area contributed by atoms with Gasteiger partial charge in [-0.1, -0.05) is 0 Å². The summed E-state index contributed by atoms with van der Waals surface area (Å²) < 4.78 is 35.7. The van der Waals surface area contributed by atoms with Gasteiger partial charge in [0, 0.05) is 10.6 Å². The van der Waals surface area contributed by atoms with E-state index < -0.39 is 26.6 Å². The highest BCUT2D eigenvalue weighted by Crippen LogP contribution is 2.20. The molecule has 1 aromatic carbocycles. The van der Waals surface area contributed by atoms with Gasteiger partial charge in [0.25, 0.3) is 5.91 Å². The largest absolute Gasteiger partial charge is 0.321 e. The van der Waals surface area contributed by atoms with Gasteiger partial charge >= 0.3 is 0 Å². The third-order valence-corrected chi connectivity index (χ3v) is 4.31. The molecule has 0 atom stereocenters. The summed E-state index contributed by atoms with van der Waals surface area (Å²) in [6, 6.07) is 6.33. The zero-order valence-electron chi connectivity index (χ0n) is 10.4. The summed E-state index contributed by atoms with van der Waals surface area (Å²) in [5.74, 6) is -1.23. The number of aryl methyl sites for hydroxylation is 1. The Morgan fingerprint density at radius 2 is 2.00 bits per heavy atom. The van der Waals surface area contributed by atoms with Crippen molar-refractivity contribution in [1.82, 2.24) is 0 Å².